The van der Waals surface area contributed by atoms with E-state index in [0.29, 0.717) is 12.1 Å². The molecule has 0 aromatic carbocycles. The fourth-order valence-electron chi connectivity index (χ4n) is 5.03. The highest BCUT2D eigenvalue weighted by atomic mass is 16.2. The molecule has 0 radical (unpaired) electrons. The third-order valence-corrected chi connectivity index (χ3v) is 7.80. The fraction of sp³-hybridized carbons (Fsp3) is 0.667. The van der Waals surface area contributed by atoms with E-state index in [1.54, 1.807) is 19.6 Å². The first-order chi connectivity index (χ1) is 17.1. The molecule has 1 unspecified atom stereocenters. The molecular weight excluding hydrogens is 452 g/mol. The summed E-state index contributed by atoms with van der Waals surface area (Å²) in [6.45, 7) is 14.3. The monoisotopic (exact) mass is 494 g/mol. The van der Waals surface area contributed by atoms with Crippen LogP contribution in [0.2, 0.25) is 0 Å². The highest BCUT2D eigenvalue weighted by molar-refractivity contribution is 5.73. The zero-order valence-electron chi connectivity index (χ0n) is 22.5. The molecule has 2 fully saturated rings. The maximum Gasteiger partial charge on any atom is 0.219 e. The number of piperidine rings is 1. The van der Waals surface area contributed by atoms with Crippen LogP contribution in [-0.4, -0.2) is 69.0 Å². The van der Waals surface area contributed by atoms with Crippen LogP contribution in [0.1, 0.15) is 78.1 Å². The summed E-state index contributed by atoms with van der Waals surface area (Å²) in [6.07, 6.45) is 8.26. The molecule has 2 aliphatic heterocycles. The summed E-state index contributed by atoms with van der Waals surface area (Å²) in [5.74, 6) is 1.92. The van der Waals surface area contributed by atoms with Gasteiger partial charge in [-0.25, -0.2) is 19.9 Å². The van der Waals surface area contributed by atoms with E-state index in [1.165, 1.54) is 0 Å². The Labute approximate surface area is 215 Å². The van der Waals surface area contributed by atoms with E-state index in [-0.39, 0.29) is 16.7 Å². The average Bonchev–Trinajstić information content (AvgIpc) is 3.37. The molecule has 0 spiro atoms. The van der Waals surface area contributed by atoms with Gasteiger partial charge >= 0.3 is 0 Å². The molecular formula is C27H42N8O. The van der Waals surface area contributed by atoms with Crippen molar-refractivity contribution in [1.29, 1.82) is 0 Å². The standard InChI is InChI=1S/C27H42N8O/c1-19(36)35-12-7-20(8-13-35)33-24-14-22(29-17-31-24)26(2,3)9-10-27(4,5)23-15-25(32-18-30-23)34-21-6-11-28-16-21/h14-15,17-18,20-21,28H,6-13,16H2,1-5H3,(H,29,31,33)(H,30,32,34). The highest BCUT2D eigenvalue weighted by Crippen LogP contribution is 2.35. The molecule has 3 N–H and O–H groups in total. The quantitative estimate of drug-likeness (QED) is 0.486. The number of aromatic nitrogens is 4. The molecule has 36 heavy (non-hydrogen) atoms. The summed E-state index contributed by atoms with van der Waals surface area (Å²) in [6, 6.07) is 4.95. The number of hydrogen-bond donors (Lipinski definition) is 3. The Bertz CT molecular complexity index is 1030. The summed E-state index contributed by atoms with van der Waals surface area (Å²) in [5, 5.41) is 10.5. The Morgan fingerprint density at radius 2 is 1.42 bits per heavy atom. The van der Waals surface area contributed by atoms with E-state index in [4.69, 9.17) is 0 Å². The smallest absolute Gasteiger partial charge is 0.219 e. The zero-order valence-corrected chi connectivity index (χ0v) is 22.5. The van der Waals surface area contributed by atoms with Gasteiger partial charge in [-0.2, -0.15) is 0 Å². The van der Waals surface area contributed by atoms with Gasteiger partial charge in [-0.1, -0.05) is 27.7 Å². The Kier molecular flexibility index (Phi) is 8.07. The molecule has 196 valence electrons. The zero-order chi connectivity index (χ0) is 25.8. The van der Waals surface area contributed by atoms with Crippen molar-refractivity contribution >= 4 is 17.5 Å². The number of amides is 1. The van der Waals surface area contributed by atoms with Gasteiger partial charge in [-0.05, 0) is 38.6 Å². The number of likely N-dealkylation sites (tertiary alicyclic amines) is 1. The van der Waals surface area contributed by atoms with Crippen LogP contribution in [0, 0.1) is 0 Å². The Balaban J connectivity index is 1.36. The second-order valence-electron chi connectivity index (χ2n) is 11.6. The molecule has 9 heteroatoms. The van der Waals surface area contributed by atoms with Crippen LogP contribution in [0.15, 0.2) is 24.8 Å². The number of carbonyl (C=O) groups excluding carboxylic acids is 1. The normalized spacial score (nSPS) is 19.4. The minimum Gasteiger partial charge on any atom is -0.367 e. The van der Waals surface area contributed by atoms with Crippen LogP contribution in [0.25, 0.3) is 0 Å². The average molecular weight is 495 g/mol. The second-order valence-corrected chi connectivity index (χ2v) is 11.6. The first-order valence-electron chi connectivity index (χ1n) is 13.3. The third kappa shape index (κ3) is 6.69. The molecule has 0 aliphatic carbocycles. The Hall–Kier alpha value is -2.81. The number of anilines is 2. The minimum absolute atomic E-state index is 0.0939. The van der Waals surface area contributed by atoms with E-state index in [9.17, 15) is 4.79 Å². The van der Waals surface area contributed by atoms with E-state index < -0.39 is 0 Å². The molecule has 4 heterocycles. The first kappa shape index (κ1) is 26.3. The lowest BCUT2D eigenvalue weighted by atomic mass is 9.75. The van der Waals surface area contributed by atoms with Gasteiger partial charge in [0.25, 0.3) is 0 Å². The maximum absolute atomic E-state index is 11.6. The van der Waals surface area contributed by atoms with E-state index in [2.05, 4.69) is 75.7 Å². The largest absolute Gasteiger partial charge is 0.367 e. The summed E-state index contributed by atoms with van der Waals surface area (Å²) in [7, 11) is 0. The van der Waals surface area contributed by atoms with E-state index in [0.717, 1.165) is 81.3 Å². The molecule has 1 amide bonds. The predicted octanol–water partition coefficient (Wildman–Crippen LogP) is 3.50. The Morgan fingerprint density at radius 1 is 0.889 bits per heavy atom. The van der Waals surface area contributed by atoms with Crippen LogP contribution >= 0.6 is 0 Å². The fourth-order valence-corrected chi connectivity index (χ4v) is 5.03. The maximum atomic E-state index is 11.6. The minimum atomic E-state index is -0.113. The number of nitrogens with one attached hydrogen (secondary N) is 3. The predicted molar refractivity (Wildman–Crippen MR) is 143 cm³/mol. The van der Waals surface area contributed by atoms with Gasteiger partial charge in [0.05, 0.1) is 11.4 Å². The van der Waals surface area contributed by atoms with E-state index >= 15 is 0 Å². The molecule has 1 atom stereocenters. The summed E-state index contributed by atoms with van der Waals surface area (Å²) in [4.78, 5) is 31.7. The lowest BCUT2D eigenvalue weighted by Gasteiger charge is -2.32. The van der Waals surface area contributed by atoms with Crippen LogP contribution in [0.3, 0.4) is 0 Å². The van der Waals surface area contributed by atoms with Gasteiger partial charge in [0, 0.05) is 61.6 Å². The van der Waals surface area contributed by atoms with Crippen molar-refractivity contribution in [3.8, 4) is 0 Å². The van der Waals surface area contributed by atoms with Crippen LogP contribution in [0.5, 0.6) is 0 Å². The van der Waals surface area contributed by atoms with Crippen molar-refractivity contribution in [2.24, 2.45) is 0 Å². The molecule has 9 nitrogen and oxygen atoms in total. The lowest BCUT2D eigenvalue weighted by molar-refractivity contribution is -0.129. The van der Waals surface area contributed by atoms with Crippen molar-refractivity contribution in [2.75, 3.05) is 36.8 Å². The van der Waals surface area contributed by atoms with Crippen molar-refractivity contribution < 1.29 is 4.79 Å². The van der Waals surface area contributed by atoms with Gasteiger partial charge in [0.1, 0.15) is 24.3 Å². The highest BCUT2D eigenvalue weighted by Gasteiger charge is 2.30. The van der Waals surface area contributed by atoms with Crippen molar-refractivity contribution in [3.63, 3.8) is 0 Å². The lowest BCUT2D eigenvalue weighted by Crippen LogP contribution is -2.41. The van der Waals surface area contributed by atoms with Crippen LogP contribution in [0.4, 0.5) is 11.6 Å². The molecule has 2 saturated heterocycles. The van der Waals surface area contributed by atoms with Crippen LogP contribution < -0.4 is 16.0 Å². The van der Waals surface area contributed by atoms with Gasteiger partial charge in [-0.3, -0.25) is 4.79 Å². The van der Waals surface area contributed by atoms with Gasteiger partial charge in [-0.15, -0.1) is 0 Å². The Morgan fingerprint density at radius 3 is 1.89 bits per heavy atom. The van der Waals surface area contributed by atoms with Crippen molar-refractivity contribution in [2.45, 2.75) is 89.6 Å². The molecule has 4 rings (SSSR count). The molecule has 0 bridgehead atoms. The molecule has 0 saturated carbocycles. The summed E-state index contributed by atoms with van der Waals surface area (Å²) < 4.78 is 0. The molecule has 2 aromatic heterocycles. The number of hydrogen-bond acceptors (Lipinski definition) is 8. The topological polar surface area (TPSA) is 108 Å². The van der Waals surface area contributed by atoms with Crippen molar-refractivity contribution in [1.82, 2.24) is 30.2 Å². The van der Waals surface area contributed by atoms with Crippen LogP contribution in [-0.2, 0) is 15.6 Å². The number of carbonyl (C=O) groups is 1. The number of nitrogens with zero attached hydrogens (tertiary/aromatic N) is 5. The van der Waals surface area contributed by atoms with Gasteiger partial charge < -0.3 is 20.9 Å². The van der Waals surface area contributed by atoms with Gasteiger partial charge in [0.15, 0.2) is 0 Å². The second kappa shape index (κ2) is 11.1. The first-order valence-corrected chi connectivity index (χ1v) is 13.3. The number of rotatable bonds is 9. The molecule has 2 aromatic rings. The van der Waals surface area contributed by atoms with Crippen molar-refractivity contribution in [3.05, 3.63) is 36.2 Å². The summed E-state index contributed by atoms with van der Waals surface area (Å²) in [5.41, 5.74) is 1.89. The third-order valence-electron chi connectivity index (χ3n) is 7.80. The summed E-state index contributed by atoms with van der Waals surface area (Å²) >= 11 is 0. The van der Waals surface area contributed by atoms with E-state index in [1.807, 2.05) is 4.90 Å². The van der Waals surface area contributed by atoms with Gasteiger partial charge in [0.2, 0.25) is 5.91 Å². The SMILES string of the molecule is CC(=O)N1CCC(Nc2cc(C(C)(C)CCC(C)(C)c3cc(NC4CCNC4)ncn3)ncn2)CC1. The molecule has 2 aliphatic rings.